The lowest BCUT2D eigenvalue weighted by molar-refractivity contribution is 0.201. The molecule has 0 fully saturated rings. The molecule has 1 heterocycles. The third kappa shape index (κ3) is 2.67. The molecule has 0 bridgehead atoms. The van der Waals surface area contributed by atoms with Gasteiger partial charge in [-0.3, -0.25) is 0 Å². The van der Waals surface area contributed by atoms with E-state index >= 15 is 0 Å². The van der Waals surface area contributed by atoms with Gasteiger partial charge in [-0.15, -0.1) is 0 Å². The highest BCUT2D eigenvalue weighted by Gasteiger charge is 2.18. The van der Waals surface area contributed by atoms with Crippen LogP contribution in [0.4, 0.5) is 4.79 Å². The first-order chi connectivity index (χ1) is 6.42. The molecule has 1 aromatic heterocycles. The van der Waals surface area contributed by atoms with Crippen molar-refractivity contribution in [1.29, 1.82) is 0 Å². The molecule has 1 amide bonds. The summed E-state index contributed by atoms with van der Waals surface area (Å²) in [5.41, 5.74) is 0. The zero-order valence-electron chi connectivity index (χ0n) is 6.64. The van der Waals surface area contributed by atoms with Crippen LogP contribution < -0.4 is 4.72 Å². The number of aromatic nitrogens is 1. The monoisotopic (exact) mass is 280 g/mol. The van der Waals surface area contributed by atoms with Crippen LogP contribution in [0.1, 0.15) is 0 Å². The minimum absolute atomic E-state index is 0.353. The van der Waals surface area contributed by atoms with Crippen LogP contribution in [0.5, 0.6) is 0 Å². The van der Waals surface area contributed by atoms with E-state index in [9.17, 15) is 13.2 Å². The van der Waals surface area contributed by atoms with Crippen molar-refractivity contribution < 1.29 is 18.3 Å². The van der Waals surface area contributed by atoms with Crippen LogP contribution in [-0.4, -0.2) is 24.6 Å². The van der Waals surface area contributed by atoms with Crippen LogP contribution in [-0.2, 0) is 10.0 Å². The minimum atomic E-state index is -4.07. The van der Waals surface area contributed by atoms with Crippen molar-refractivity contribution in [2.24, 2.45) is 0 Å². The van der Waals surface area contributed by atoms with Gasteiger partial charge in [0.15, 0.2) is 5.03 Å². The van der Waals surface area contributed by atoms with Gasteiger partial charge in [-0.25, -0.2) is 14.5 Å². The zero-order chi connectivity index (χ0) is 10.8. The Bertz CT molecular complexity index is 459. The summed E-state index contributed by atoms with van der Waals surface area (Å²) < 4.78 is 24.3. The van der Waals surface area contributed by atoms with Crippen molar-refractivity contribution in [2.75, 3.05) is 0 Å². The second-order valence-electron chi connectivity index (χ2n) is 2.22. The summed E-state index contributed by atoms with van der Waals surface area (Å²) in [6.45, 7) is 0. The van der Waals surface area contributed by atoms with Crippen molar-refractivity contribution in [3.05, 3.63) is 22.8 Å². The molecule has 8 heteroatoms. The molecule has 2 N–H and O–H groups in total. The first kappa shape index (κ1) is 10.9. The van der Waals surface area contributed by atoms with Gasteiger partial charge in [-0.2, -0.15) is 8.42 Å². The zero-order valence-corrected chi connectivity index (χ0v) is 9.04. The number of carbonyl (C=O) groups is 1. The average Bonchev–Trinajstić information content (AvgIpc) is 2.01. The molecule has 14 heavy (non-hydrogen) atoms. The highest BCUT2D eigenvalue weighted by Crippen LogP contribution is 2.12. The molecule has 6 nitrogen and oxygen atoms in total. The highest BCUT2D eigenvalue weighted by atomic mass is 79.9. The van der Waals surface area contributed by atoms with Crippen molar-refractivity contribution in [3.8, 4) is 0 Å². The number of rotatable bonds is 2. The minimum Gasteiger partial charge on any atom is -0.464 e. The molecule has 0 radical (unpaired) electrons. The van der Waals surface area contributed by atoms with Crippen LogP contribution in [0.3, 0.4) is 0 Å². The van der Waals surface area contributed by atoms with Gasteiger partial charge in [0.05, 0.1) is 0 Å². The molecule has 0 unspecified atom stereocenters. The number of amides is 1. The summed E-state index contributed by atoms with van der Waals surface area (Å²) in [6, 6.07) is 2.73. The lowest BCUT2D eigenvalue weighted by Gasteiger charge is -2.01. The third-order valence-electron chi connectivity index (χ3n) is 1.19. The van der Waals surface area contributed by atoms with Crippen molar-refractivity contribution in [1.82, 2.24) is 9.71 Å². The Labute approximate surface area is 88.1 Å². The summed E-state index contributed by atoms with van der Waals surface area (Å²) in [7, 11) is -4.07. The molecule has 1 rings (SSSR count). The lowest BCUT2D eigenvalue weighted by atomic mass is 10.5. The summed E-state index contributed by atoms with van der Waals surface area (Å²) in [6.07, 6.45) is -0.396. The molecule has 0 aliphatic carbocycles. The maximum atomic E-state index is 11.2. The van der Waals surface area contributed by atoms with Crippen molar-refractivity contribution >= 4 is 32.0 Å². The van der Waals surface area contributed by atoms with Gasteiger partial charge in [0, 0.05) is 10.7 Å². The second kappa shape index (κ2) is 3.93. The van der Waals surface area contributed by atoms with Crippen LogP contribution in [0, 0.1) is 0 Å². The Morgan fingerprint density at radius 1 is 1.57 bits per heavy atom. The number of carboxylic acid groups (broad SMARTS) is 1. The standard InChI is InChI=1S/C6H5BrN2O4S/c7-4-1-2-8-5(3-4)14(12,13)9-6(10)11/h1-3,9H,(H,10,11). The van der Waals surface area contributed by atoms with E-state index in [1.807, 2.05) is 0 Å². The van der Waals surface area contributed by atoms with E-state index in [1.165, 1.54) is 23.1 Å². The van der Waals surface area contributed by atoms with Gasteiger partial charge < -0.3 is 5.11 Å². The van der Waals surface area contributed by atoms with E-state index in [0.29, 0.717) is 4.47 Å². The van der Waals surface area contributed by atoms with E-state index in [0.717, 1.165) is 0 Å². The molecule has 0 aliphatic rings. The molecule has 0 spiro atoms. The maximum Gasteiger partial charge on any atom is 0.418 e. The molecule has 0 saturated carbocycles. The van der Waals surface area contributed by atoms with E-state index < -0.39 is 16.1 Å². The second-order valence-corrected chi connectivity index (χ2v) is 4.77. The third-order valence-corrected chi connectivity index (χ3v) is 2.90. The number of pyridine rings is 1. The number of halogens is 1. The molecule has 76 valence electrons. The van der Waals surface area contributed by atoms with Crippen LogP contribution in [0.2, 0.25) is 0 Å². The molecule has 1 aromatic rings. The van der Waals surface area contributed by atoms with Gasteiger partial charge >= 0.3 is 6.09 Å². The Hall–Kier alpha value is -1.15. The SMILES string of the molecule is O=C(O)NS(=O)(=O)c1cc(Br)ccn1. The first-order valence-electron chi connectivity index (χ1n) is 3.29. The number of sulfonamides is 1. The Morgan fingerprint density at radius 2 is 2.21 bits per heavy atom. The van der Waals surface area contributed by atoms with E-state index in [4.69, 9.17) is 5.11 Å². The maximum absolute atomic E-state index is 11.2. The van der Waals surface area contributed by atoms with E-state index in [2.05, 4.69) is 20.9 Å². The van der Waals surface area contributed by atoms with Crippen molar-refractivity contribution in [2.45, 2.75) is 5.03 Å². The topological polar surface area (TPSA) is 96.4 Å². The first-order valence-corrected chi connectivity index (χ1v) is 5.57. The summed E-state index contributed by atoms with van der Waals surface area (Å²) >= 11 is 3.04. The van der Waals surface area contributed by atoms with Crippen LogP contribution >= 0.6 is 15.9 Å². The Morgan fingerprint density at radius 3 is 2.71 bits per heavy atom. The lowest BCUT2D eigenvalue weighted by Crippen LogP contribution is -2.29. The quantitative estimate of drug-likeness (QED) is 0.835. The molecule has 0 atom stereocenters. The molecule has 0 aliphatic heterocycles. The van der Waals surface area contributed by atoms with Gasteiger partial charge in [0.2, 0.25) is 0 Å². The van der Waals surface area contributed by atoms with Gasteiger partial charge in [-0.05, 0) is 12.1 Å². The van der Waals surface area contributed by atoms with Crippen LogP contribution in [0.15, 0.2) is 27.8 Å². The fourth-order valence-corrected chi connectivity index (χ4v) is 2.00. The fourth-order valence-electron chi connectivity index (χ4n) is 0.699. The fraction of sp³-hybridized carbons (Fsp3) is 0. The van der Waals surface area contributed by atoms with E-state index in [1.54, 1.807) is 0 Å². The summed E-state index contributed by atoms with van der Waals surface area (Å²) in [5.74, 6) is 0. The van der Waals surface area contributed by atoms with E-state index in [-0.39, 0.29) is 5.03 Å². The van der Waals surface area contributed by atoms with Gasteiger partial charge in [0.1, 0.15) is 0 Å². The predicted molar refractivity (Wildman–Crippen MR) is 50.3 cm³/mol. The largest absolute Gasteiger partial charge is 0.464 e. The smallest absolute Gasteiger partial charge is 0.418 e. The molecular formula is C6H5BrN2O4S. The Balaban J connectivity index is 3.11. The van der Waals surface area contributed by atoms with Gasteiger partial charge in [0.25, 0.3) is 10.0 Å². The number of hydrogen-bond acceptors (Lipinski definition) is 4. The normalized spacial score (nSPS) is 10.9. The van der Waals surface area contributed by atoms with Gasteiger partial charge in [-0.1, -0.05) is 15.9 Å². The van der Waals surface area contributed by atoms with Crippen molar-refractivity contribution in [3.63, 3.8) is 0 Å². The highest BCUT2D eigenvalue weighted by molar-refractivity contribution is 9.10. The molecular weight excluding hydrogens is 276 g/mol. The number of nitrogens with one attached hydrogen (secondary N) is 1. The molecule has 0 saturated heterocycles. The predicted octanol–water partition coefficient (Wildman–Crippen LogP) is 0.800. The molecule has 0 aromatic carbocycles. The Kier molecular flexibility index (Phi) is 3.06. The number of nitrogens with zero attached hydrogens (tertiary/aromatic N) is 1. The summed E-state index contributed by atoms with van der Waals surface area (Å²) in [4.78, 5) is 13.7. The number of hydrogen-bond donors (Lipinski definition) is 2. The van der Waals surface area contributed by atoms with Crippen LogP contribution in [0.25, 0.3) is 0 Å². The summed E-state index contributed by atoms with van der Waals surface area (Å²) in [5, 5.41) is 7.90. The average molecular weight is 281 g/mol.